The molecule has 132 valence electrons. The Kier molecular flexibility index (Phi) is 4.80. The van der Waals surface area contributed by atoms with Crippen LogP contribution in [0.2, 0.25) is 0 Å². The first-order valence-corrected chi connectivity index (χ1v) is 8.72. The third-order valence-corrected chi connectivity index (χ3v) is 5.04. The van der Waals surface area contributed by atoms with Gasteiger partial charge in [0, 0.05) is 29.6 Å². The lowest BCUT2D eigenvalue weighted by molar-refractivity contribution is -0.122. The first-order valence-electron chi connectivity index (χ1n) is 7.91. The summed E-state index contributed by atoms with van der Waals surface area (Å²) in [5.41, 5.74) is 1.05. The maximum absolute atomic E-state index is 13.4. The van der Waals surface area contributed by atoms with Gasteiger partial charge in [-0.1, -0.05) is 6.92 Å². The average Bonchev–Trinajstić information content (AvgIpc) is 3.09. The van der Waals surface area contributed by atoms with Crippen molar-refractivity contribution in [2.75, 3.05) is 16.8 Å². The van der Waals surface area contributed by atoms with E-state index >= 15 is 0 Å². The number of aromatic nitrogens is 1. The number of nitrogens with zero attached hydrogens (tertiary/aromatic N) is 2. The maximum atomic E-state index is 13.4. The van der Waals surface area contributed by atoms with E-state index in [1.807, 2.05) is 13.8 Å². The molecule has 3 rings (SSSR count). The molecule has 1 aromatic carbocycles. The van der Waals surface area contributed by atoms with Crippen molar-refractivity contribution in [3.63, 3.8) is 0 Å². The monoisotopic (exact) mass is 365 g/mol. The molecule has 1 N–H and O–H groups in total. The van der Waals surface area contributed by atoms with Gasteiger partial charge in [-0.15, -0.1) is 11.3 Å². The fourth-order valence-electron chi connectivity index (χ4n) is 2.84. The van der Waals surface area contributed by atoms with Crippen LogP contribution in [0.1, 0.15) is 23.9 Å². The molecule has 2 amide bonds. The van der Waals surface area contributed by atoms with Crippen LogP contribution in [0.4, 0.5) is 19.6 Å². The Morgan fingerprint density at radius 3 is 2.64 bits per heavy atom. The Balaban J connectivity index is 1.71. The lowest BCUT2D eigenvalue weighted by Gasteiger charge is -2.16. The number of amides is 2. The van der Waals surface area contributed by atoms with E-state index in [2.05, 4.69) is 10.3 Å². The Hall–Kier alpha value is -2.35. The minimum atomic E-state index is -0.763. The van der Waals surface area contributed by atoms with Crippen LogP contribution in [0.25, 0.3) is 0 Å². The van der Waals surface area contributed by atoms with Gasteiger partial charge in [-0.2, -0.15) is 0 Å². The number of hydrogen-bond donors (Lipinski definition) is 1. The summed E-state index contributed by atoms with van der Waals surface area (Å²) in [6, 6.07) is 2.91. The molecule has 1 atom stereocenters. The van der Waals surface area contributed by atoms with Crippen LogP contribution >= 0.6 is 11.3 Å². The minimum absolute atomic E-state index is 0.00500. The molecule has 1 unspecified atom stereocenters. The van der Waals surface area contributed by atoms with Crippen molar-refractivity contribution in [2.24, 2.45) is 5.92 Å². The molecule has 2 heterocycles. The summed E-state index contributed by atoms with van der Waals surface area (Å²) >= 11 is 1.39. The topological polar surface area (TPSA) is 62.3 Å². The molecular formula is C17H17F2N3O2S. The first kappa shape index (κ1) is 17.5. The zero-order chi connectivity index (χ0) is 18.1. The molecule has 1 aliphatic heterocycles. The van der Waals surface area contributed by atoms with Crippen molar-refractivity contribution >= 4 is 34.0 Å². The van der Waals surface area contributed by atoms with Crippen molar-refractivity contribution in [1.82, 2.24) is 4.98 Å². The number of anilines is 2. The molecule has 5 nitrogen and oxygen atoms in total. The molecular weight excluding hydrogens is 348 g/mol. The Labute approximate surface area is 147 Å². The number of rotatable bonds is 4. The quantitative estimate of drug-likeness (QED) is 0.904. The van der Waals surface area contributed by atoms with Crippen molar-refractivity contribution in [3.8, 4) is 0 Å². The third kappa shape index (κ3) is 3.68. The second-order valence-corrected chi connectivity index (χ2v) is 7.10. The highest BCUT2D eigenvalue weighted by molar-refractivity contribution is 7.15. The van der Waals surface area contributed by atoms with Crippen molar-refractivity contribution < 1.29 is 18.4 Å². The number of carbonyl (C=O) groups is 2. The summed E-state index contributed by atoms with van der Waals surface area (Å²) in [6.07, 6.45) is 0.772. The van der Waals surface area contributed by atoms with Crippen molar-refractivity contribution in [1.29, 1.82) is 0 Å². The molecule has 1 fully saturated rings. The molecule has 1 aromatic heterocycles. The van der Waals surface area contributed by atoms with Crippen LogP contribution in [0, 0.1) is 24.5 Å². The summed E-state index contributed by atoms with van der Waals surface area (Å²) in [5.74, 6) is -2.77. The van der Waals surface area contributed by atoms with Gasteiger partial charge in [-0.05, 0) is 25.5 Å². The second-order valence-electron chi connectivity index (χ2n) is 5.90. The van der Waals surface area contributed by atoms with E-state index in [1.54, 1.807) is 0 Å². The van der Waals surface area contributed by atoms with E-state index in [-0.39, 0.29) is 30.5 Å². The van der Waals surface area contributed by atoms with E-state index in [9.17, 15) is 18.4 Å². The van der Waals surface area contributed by atoms with Crippen LogP contribution in [0.15, 0.2) is 18.2 Å². The first-order chi connectivity index (χ1) is 11.9. The normalized spacial score (nSPS) is 17.2. The van der Waals surface area contributed by atoms with Crippen LogP contribution in [0.5, 0.6) is 0 Å². The van der Waals surface area contributed by atoms with E-state index in [0.717, 1.165) is 35.2 Å². The van der Waals surface area contributed by atoms with Crippen LogP contribution in [-0.4, -0.2) is 23.3 Å². The number of carbonyl (C=O) groups excluding carboxylic acids is 2. The van der Waals surface area contributed by atoms with Gasteiger partial charge < -0.3 is 10.2 Å². The van der Waals surface area contributed by atoms with E-state index in [4.69, 9.17) is 0 Å². The SMILES string of the molecule is CCc1nc(NC(=O)C2CC(=O)N(c3cc(F)cc(F)c3)C2)sc1C. The molecule has 0 bridgehead atoms. The maximum Gasteiger partial charge on any atom is 0.231 e. The predicted octanol–water partition coefficient (Wildman–Crippen LogP) is 3.28. The van der Waals surface area contributed by atoms with Gasteiger partial charge in [0.05, 0.1) is 11.6 Å². The molecule has 0 radical (unpaired) electrons. The van der Waals surface area contributed by atoms with E-state index < -0.39 is 17.6 Å². The van der Waals surface area contributed by atoms with Crippen molar-refractivity contribution in [3.05, 3.63) is 40.4 Å². The van der Waals surface area contributed by atoms with Gasteiger partial charge in [0.15, 0.2) is 5.13 Å². The molecule has 0 aliphatic carbocycles. The van der Waals surface area contributed by atoms with Crippen LogP contribution < -0.4 is 10.2 Å². The molecule has 0 saturated carbocycles. The Morgan fingerprint density at radius 2 is 2.04 bits per heavy atom. The number of nitrogens with one attached hydrogen (secondary N) is 1. The van der Waals surface area contributed by atoms with Crippen LogP contribution in [0.3, 0.4) is 0 Å². The fraction of sp³-hybridized carbons (Fsp3) is 0.353. The minimum Gasteiger partial charge on any atom is -0.311 e. The Bertz CT molecular complexity index is 817. The zero-order valence-electron chi connectivity index (χ0n) is 13.8. The highest BCUT2D eigenvalue weighted by Gasteiger charge is 2.35. The summed E-state index contributed by atoms with van der Waals surface area (Å²) in [6.45, 7) is 4.00. The molecule has 1 saturated heterocycles. The second kappa shape index (κ2) is 6.87. The van der Waals surface area contributed by atoms with Crippen LogP contribution in [-0.2, 0) is 16.0 Å². The van der Waals surface area contributed by atoms with Gasteiger partial charge in [-0.25, -0.2) is 13.8 Å². The number of aryl methyl sites for hydroxylation is 2. The largest absolute Gasteiger partial charge is 0.311 e. The average molecular weight is 365 g/mol. The van der Waals surface area contributed by atoms with E-state index in [1.165, 1.54) is 16.2 Å². The molecule has 8 heteroatoms. The van der Waals surface area contributed by atoms with Crippen molar-refractivity contribution in [2.45, 2.75) is 26.7 Å². The number of halogens is 2. The predicted molar refractivity (Wildman–Crippen MR) is 91.7 cm³/mol. The van der Waals surface area contributed by atoms with Gasteiger partial charge >= 0.3 is 0 Å². The third-order valence-electron chi connectivity index (χ3n) is 4.11. The number of hydrogen-bond acceptors (Lipinski definition) is 4. The van der Waals surface area contributed by atoms with E-state index in [0.29, 0.717) is 5.13 Å². The zero-order valence-corrected chi connectivity index (χ0v) is 14.6. The standard InChI is InChI=1S/C17H17F2N3O2S/c1-3-14-9(2)25-17(20-14)21-16(24)10-4-15(23)22(8-10)13-6-11(18)5-12(19)7-13/h5-7,10H,3-4,8H2,1-2H3,(H,20,21,24). The summed E-state index contributed by atoms with van der Waals surface area (Å²) in [7, 11) is 0. The summed E-state index contributed by atoms with van der Waals surface area (Å²) in [5, 5.41) is 3.24. The summed E-state index contributed by atoms with van der Waals surface area (Å²) < 4.78 is 26.7. The molecule has 0 spiro atoms. The molecule has 25 heavy (non-hydrogen) atoms. The van der Waals surface area contributed by atoms with Gasteiger partial charge in [0.1, 0.15) is 11.6 Å². The fourth-order valence-corrected chi connectivity index (χ4v) is 3.75. The Morgan fingerprint density at radius 1 is 1.36 bits per heavy atom. The lowest BCUT2D eigenvalue weighted by atomic mass is 10.1. The molecule has 2 aromatic rings. The lowest BCUT2D eigenvalue weighted by Crippen LogP contribution is -2.28. The smallest absolute Gasteiger partial charge is 0.231 e. The highest BCUT2D eigenvalue weighted by atomic mass is 32.1. The highest BCUT2D eigenvalue weighted by Crippen LogP contribution is 2.28. The van der Waals surface area contributed by atoms with Gasteiger partial charge in [-0.3, -0.25) is 9.59 Å². The van der Waals surface area contributed by atoms with Gasteiger partial charge in [0.2, 0.25) is 11.8 Å². The summed E-state index contributed by atoms with van der Waals surface area (Å²) in [4.78, 5) is 31.2. The number of thiazole rings is 1. The molecule has 1 aliphatic rings. The number of benzene rings is 1. The van der Waals surface area contributed by atoms with Gasteiger partial charge in [0.25, 0.3) is 0 Å².